The summed E-state index contributed by atoms with van der Waals surface area (Å²) in [7, 11) is 0. The van der Waals surface area contributed by atoms with E-state index in [2.05, 4.69) is 10.6 Å². The van der Waals surface area contributed by atoms with Crippen molar-refractivity contribution in [2.75, 3.05) is 13.2 Å². The number of amides is 3. The summed E-state index contributed by atoms with van der Waals surface area (Å²) in [5.41, 5.74) is 1.13. The third-order valence-corrected chi connectivity index (χ3v) is 4.41. The van der Waals surface area contributed by atoms with E-state index in [-0.39, 0.29) is 24.8 Å². The molecule has 1 heterocycles. The predicted molar refractivity (Wildman–Crippen MR) is 99.8 cm³/mol. The highest BCUT2D eigenvalue weighted by Crippen LogP contribution is 2.25. The van der Waals surface area contributed by atoms with Crippen LogP contribution in [0.15, 0.2) is 53.4 Å². The molecule has 1 aliphatic rings. The molecule has 6 nitrogen and oxygen atoms in total. The molecule has 0 radical (unpaired) electrons. The van der Waals surface area contributed by atoms with Gasteiger partial charge in [-0.05, 0) is 47.7 Å². The van der Waals surface area contributed by atoms with Crippen molar-refractivity contribution in [1.82, 2.24) is 10.6 Å². The lowest BCUT2D eigenvalue weighted by Crippen LogP contribution is -2.28. The molecule has 1 saturated heterocycles. The van der Waals surface area contributed by atoms with E-state index in [1.807, 2.05) is 0 Å². The van der Waals surface area contributed by atoms with Gasteiger partial charge >= 0.3 is 0 Å². The Hall–Kier alpha value is -3.13. The molecule has 2 aromatic carbocycles. The van der Waals surface area contributed by atoms with E-state index in [0.29, 0.717) is 16.0 Å². The summed E-state index contributed by atoms with van der Waals surface area (Å²) in [6.07, 6.45) is 1.58. The Morgan fingerprint density at radius 2 is 1.89 bits per heavy atom. The first-order chi connectivity index (χ1) is 13.0. The fourth-order valence-corrected chi connectivity index (χ4v) is 2.97. The molecule has 3 rings (SSSR count). The number of para-hydroxylation sites is 1. The molecule has 0 aromatic heterocycles. The zero-order valence-corrected chi connectivity index (χ0v) is 14.8. The molecular formula is C19H15FN2O4S. The van der Waals surface area contributed by atoms with Gasteiger partial charge in [-0.2, -0.15) is 0 Å². The first kappa shape index (κ1) is 18.7. The van der Waals surface area contributed by atoms with Gasteiger partial charge in [-0.1, -0.05) is 24.3 Å². The SMILES string of the molecule is O=C1NC(=O)/C(=C\c2ccc(C(=O)NCCOc3ccccc3F)cc2)S1. The van der Waals surface area contributed by atoms with Crippen molar-refractivity contribution in [2.24, 2.45) is 0 Å². The summed E-state index contributed by atoms with van der Waals surface area (Å²) < 4.78 is 18.7. The number of thioether (sulfide) groups is 1. The Kier molecular flexibility index (Phi) is 5.87. The maximum absolute atomic E-state index is 13.4. The van der Waals surface area contributed by atoms with E-state index < -0.39 is 17.0 Å². The van der Waals surface area contributed by atoms with Crippen LogP contribution in [-0.4, -0.2) is 30.2 Å². The van der Waals surface area contributed by atoms with Crippen LogP contribution in [0.3, 0.4) is 0 Å². The zero-order valence-electron chi connectivity index (χ0n) is 14.0. The van der Waals surface area contributed by atoms with E-state index in [0.717, 1.165) is 11.8 Å². The van der Waals surface area contributed by atoms with Gasteiger partial charge in [0.05, 0.1) is 11.4 Å². The van der Waals surface area contributed by atoms with Crippen LogP contribution in [-0.2, 0) is 4.79 Å². The van der Waals surface area contributed by atoms with Gasteiger partial charge in [-0.3, -0.25) is 19.7 Å². The summed E-state index contributed by atoms with van der Waals surface area (Å²) in [6, 6.07) is 12.6. The second kappa shape index (κ2) is 8.50. The Morgan fingerprint density at radius 1 is 1.15 bits per heavy atom. The van der Waals surface area contributed by atoms with Crippen LogP contribution in [0.25, 0.3) is 6.08 Å². The number of rotatable bonds is 6. The number of carbonyl (C=O) groups is 3. The molecule has 0 bridgehead atoms. The number of halogens is 1. The minimum atomic E-state index is -0.454. The van der Waals surface area contributed by atoms with Crippen LogP contribution in [0.5, 0.6) is 5.75 Å². The van der Waals surface area contributed by atoms with E-state index in [4.69, 9.17) is 4.74 Å². The maximum atomic E-state index is 13.4. The van der Waals surface area contributed by atoms with Crippen LogP contribution in [0.2, 0.25) is 0 Å². The van der Waals surface area contributed by atoms with Gasteiger partial charge in [-0.15, -0.1) is 0 Å². The summed E-state index contributed by atoms with van der Waals surface area (Å²) in [5.74, 6) is -1.04. The molecule has 2 N–H and O–H groups in total. The van der Waals surface area contributed by atoms with E-state index in [1.54, 1.807) is 42.5 Å². The summed E-state index contributed by atoms with van der Waals surface area (Å²) in [6.45, 7) is 0.356. The van der Waals surface area contributed by atoms with Crippen molar-refractivity contribution in [3.63, 3.8) is 0 Å². The van der Waals surface area contributed by atoms with Crippen molar-refractivity contribution < 1.29 is 23.5 Å². The molecule has 3 amide bonds. The number of benzene rings is 2. The molecule has 1 fully saturated rings. The molecule has 0 saturated carbocycles. The highest BCUT2D eigenvalue weighted by Gasteiger charge is 2.24. The molecule has 0 atom stereocenters. The average molecular weight is 386 g/mol. The molecule has 0 spiro atoms. The quantitative estimate of drug-likeness (QED) is 0.589. The van der Waals surface area contributed by atoms with E-state index in [9.17, 15) is 18.8 Å². The number of carbonyl (C=O) groups excluding carboxylic acids is 3. The molecule has 8 heteroatoms. The molecule has 27 heavy (non-hydrogen) atoms. The second-order valence-corrected chi connectivity index (χ2v) is 6.52. The van der Waals surface area contributed by atoms with Crippen molar-refractivity contribution in [3.05, 3.63) is 70.4 Å². The summed E-state index contributed by atoms with van der Waals surface area (Å²) in [5, 5.41) is 4.45. The Bertz CT molecular complexity index is 912. The molecule has 1 aliphatic heterocycles. The lowest BCUT2D eigenvalue weighted by atomic mass is 10.1. The van der Waals surface area contributed by atoms with Gasteiger partial charge in [0, 0.05) is 5.56 Å². The molecule has 0 unspecified atom stereocenters. The fourth-order valence-electron chi connectivity index (χ4n) is 2.29. The number of hydrogen-bond donors (Lipinski definition) is 2. The highest BCUT2D eigenvalue weighted by atomic mass is 32.2. The van der Waals surface area contributed by atoms with Gasteiger partial charge < -0.3 is 10.1 Å². The van der Waals surface area contributed by atoms with Crippen LogP contribution < -0.4 is 15.4 Å². The first-order valence-corrected chi connectivity index (χ1v) is 8.85. The van der Waals surface area contributed by atoms with Crippen molar-refractivity contribution in [2.45, 2.75) is 0 Å². The first-order valence-electron chi connectivity index (χ1n) is 8.03. The molecule has 0 aliphatic carbocycles. The summed E-state index contributed by atoms with van der Waals surface area (Å²) >= 11 is 0.833. The largest absolute Gasteiger partial charge is 0.489 e. The van der Waals surface area contributed by atoms with Gasteiger partial charge in [0.2, 0.25) is 0 Å². The topological polar surface area (TPSA) is 84.5 Å². The third-order valence-electron chi connectivity index (χ3n) is 3.59. The van der Waals surface area contributed by atoms with Gasteiger partial charge in [0.25, 0.3) is 17.1 Å². The monoisotopic (exact) mass is 386 g/mol. The normalized spacial score (nSPS) is 14.9. The van der Waals surface area contributed by atoms with Crippen LogP contribution in [0, 0.1) is 5.82 Å². The highest BCUT2D eigenvalue weighted by molar-refractivity contribution is 8.18. The Morgan fingerprint density at radius 3 is 2.56 bits per heavy atom. The zero-order chi connectivity index (χ0) is 19.2. The van der Waals surface area contributed by atoms with Crippen molar-refractivity contribution >= 4 is 34.9 Å². The predicted octanol–water partition coefficient (Wildman–Crippen LogP) is 2.96. The van der Waals surface area contributed by atoms with Gasteiger partial charge in [-0.25, -0.2) is 4.39 Å². The average Bonchev–Trinajstić information content (AvgIpc) is 2.97. The van der Waals surface area contributed by atoms with Gasteiger partial charge in [0.1, 0.15) is 6.61 Å². The third kappa shape index (κ3) is 4.95. The molecular weight excluding hydrogens is 371 g/mol. The van der Waals surface area contributed by atoms with Crippen molar-refractivity contribution in [1.29, 1.82) is 0 Å². The standard InChI is InChI=1S/C19H15FN2O4S/c20-14-3-1-2-4-15(14)26-10-9-21-17(23)13-7-5-12(6-8-13)11-16-18(24)22-19(25)27-16/h1-8,11H,9-10H2,(H,21,23)(H,22,24,25)/b16-11+. The minimum absolute atomic E-state index is 0.136. The number of hydrogen-bond acceptors (Lipinski definition) is 5. The number of imide groups is 1. The second-order valence-electron chi connectivity index (χ2n) is 5.51. The number of nitrogens with one attached hydrogen (secondary N) is 2. The Balaban J connectivity index is 1.50. The lowest BCUT2D eigenvalue weighted by molar-refractivity contribution is -0.115. The van der Waals surface area contributed by atoms with E-state index in [1.165, 1.54) is 12.1 Å². The van der Waals surface area contributed by atoms with Crippen LogP contribution in [0.1, 0.15) is 15.9 Å². The fraction of sp³-hybridized carbons (Fsp3) is 0.105. The van der Waals surface area contributed by atoms with Crippen molar-refractivity contribution in [3.8, 4) is 5.75 Å². The molecule has 2 aromatic rings. The van der Waals surface area contributed by atoms with E-state index >= 15 is 0 Å². The Labute approximate surface area is 158 Å². The van der Waals surface area contributed by atoms with Gasteiger partial charge in [0.15, 0.2) is 11.6 Å². The van der Waals surface area contributed by atoms with Crippen LogP contribution in [0.4, 0.5) is 9.18 Å². The lowest BCUT2D eigenvalue weighted by Gasteiger charge is -2.08. The minimum Gasteiger partial charge on any atom is -0.489 e. The number of ether oxygens (including phenoxy) is 1. The smallest absolute Gasteiger partial charge is 0.290 e. The van der Waals surface area contributed by atoms with Crippen LogP contribution >= 0.6 is 11.8 Å². The molecule has 138 valence electrons. The maximum Gasteiger partial charge on any atom is 0.290 e. The summed E-state index contributed by atoms with van der Waals surface area (Å²) in [4.78, 5) is 35.1.